The number of rotatable bonds is 4. The molecule has 1 saturated heterocycles. The van der Waals surface area contributed by atoms with Gasteiger partial charge in [-0.05, 0) is 43.0 Å². The molecule has 1 aromatic carbocycles. The summed E-state index contributed by atoms with van der Waals surface area (Å²) < 4.78 is 0. The molecule has 5 nitrogen and oxygen atoms in total. The predicted molar refractivity (Wildman–Crippen MR) is 80.4 cm³/mol. The summed E-state index contributed by atoms with van der Waals surface area (Å²) >= 11 is 0. The van der Waals surface area contributed by atoms with Gasteiger partial charge in [0.15, 0.2) is 0 Å². The van der Waals surface area contributed by atoms with Gasteiger partial charge in [0, 0.05) is 6.54 Å². The van der Waals surface area contributed by atoms with E-state index in [-0.39, 0.29) is 0 Å². The molecule has 1 heterocycles. The lowest BCUT2D eigenvalue weighted by molar-refractivity contribution is 0.185. The summed E-state index contributed by atoms with van der Waals surface area (Å²) in [5.74, 6) is 0.864. The first kappa shape index (κ1) is 14.5. The number of benzene rings is 1. The van der Waals surface area contributed by atoms with Gasteiger partial charge in [-0.25, -0.2) is 10.2 Å². The van der Waals surface area contributed by atoms with Crippen LogP contribution in [0.5, 0.6) is 0 Å². The molecular weight excluding hydrogens is 252 g/mol. The molecule has 0 unspecified atom stereocenters. The van der Waals surface area contributed by atoms with Crippen LogP contribution in [0.15, 0.2) is 29.4 Å². The minimum absolute atomic E-state index is 0.655. The quantitative estimate of drug-likeness (QED) is 0.650. The van der Waals surface area contributed by atoms with Crippen LogP contribution < -0.4 is 11.2 Å². The number of carbonyl (C=O) groups excluding carboxylic acids is 1. The van der Waals surface area contributed by atoms with E-state index in [1.165, 1.54) is 31.5 Å². The second-order valence-corrected chi connectivity index (χ2v) is 5.43. The van der Waals surface area contributed by atoms with Crippen molar-refractivity contribution < 1.29 is 4.79 Å². The van der Waals surface area contributed by atoms with E-state index in [1.54, 1.807) is 6.21 Å². The molecule has 2 amide bonds. The summed E-state index contributed by atoms with van der Waals surface area (Å²) in [4.78, 5) is 13.0. The average molecular weight is 274 g/mol. The largest absolute Gasteiger partial charge is 0.350 e. The molecule has 0 radical (unpaired) electrons. The SMILES string of the molecule is CC1CCN(Cc2ccc(C=NNC(N)=O)cc2)CC1. The van der Waals surface area contributed by atoms with Crippen LogP contribution in [0.1, 0.15) is 30.9 Å². The summed E-state index contributed by atoms with van der Waals surface area (Å²) in [6.07, 6.45) is 4.17. The number of amides is 2. The van der Waals surface area contributed by atoms with Crippen LogP contribution in [-0.2, 0) is 6.54 Å². The van der Waals surface area contributed by atoms with Crippen molar-refractivity contribution in [2.75, 3.05) is 13.1 Å². The second kappa shape index (κ2) is 7.05. The molecule has 0 aromatic heterocycles. The van der Waals surface area contributed by atoms with E-state index in [1.807, 2.05) is 12.1 Å². The number of nitrogens with zero attached hydrogens (tertiary/aromatic N) is 2. The molecule has 3 N–H and O–H groups in total. The van der Waals surface area contributed by atoms with Crippen molar-refractivity contribution in [2.24, 2.45) is 16.8 Å². The monoisotopic (exact) mass is 274 g/mol. The highest BCUT2D eigenvalue weighted by atomic mass is 16.2. The number of urea groups is 1. The van der Waals surface area contributed by atoms with Crippen LogP contribution in [-0.4, -0.2) is 30.2 Å². The Hall–Kier alpha value is -1.88. The summed E-state index contributed by atoms with van der Waals surface area (Å²) in [5, 5.41) is 3.73. The van der Waals surface area contributed by atoms with E-state index in [4.69, 9.17) is 5.73 Å². The van der Waals surface area contributed by atoms with Crippen LogP contribution in [0.4, 0.5) is 4.79 Å². The highest BCUT2D eigenvalue weighted by molar-refractivity contribution is 5.81. The lowest BCUT2D eigenvalue weighted by Crippen LogP contribution is -2.32. The fourth-order valence-electron chi connectivity index (χ4n) is 2.36. The van der Waals surface area contributed by atoms with Crippen LogP contribution in [0, 0.1) is 5.92 Å². The molecule has 1 aromatic rings. The Labute approximate surface area is 119 Å². The highest BCUT2D eigenvalue weighted by Gasteiger charge is 2.15. The first-order valence-electron chi connectivity index (χ1n) is 7.03. The standard InChI is InChI=1S/C15H22N4O/c1-12-6-8-19(9-7-12)11-14-4-2-13(3-5-14)10-17-18-15(16)20/h2-5,10,12H,6-9,11H2,1H3,(H3,16,18,20). The number of hydrogen-bond donors (Lipinski definition) is 2. The summed E-state index contributed by atoms with van der Waals surface area (Å²) in [7, 11) is 0. The summed E-state index contributed by atoms with van der Waals surface area (Å²) in [6, 6.07) is 7.53. The highest BCUT2D eigenvalue weighted by Crippen LogP contribution is 2.18. The first-order chi connectivity index (χ1) is 9.63. The predicted octanol–water partition coefficient (Wildman–Crippen LogP) is 1.92. The molecule has 20 heavy (non-hydrogen) atoms. The molecule has 1 aliphatic rings. The van der Waals surface area contributed by atoms with E-state index in [2.05, 4.69) is 34.5 Å². The maximum atomic E-state index is 10.5. The van der Waals surface area contributed by atoms with Crippen molar-refractivity contribution >= 4 is 12.2 Å². The maximum absolute atomic E-state index is 10.5. The normalized spacial score (nSPS) is 17.4. The molecule has 0 atom stereocenters. The molecule has 1 fully saturated rings. The van der Waals surface area contributed by atoms with Crippen LogP contribution in [0.25, 0.3) is 0 Å². The Kier molecular flexibility index (Phi) is 5.12. The third-order valence-corrected chi connectivity index (χ3v) is 3.65. The van der Waals surface area contributed by atoms with Gasteiger partial charge in [-0.2, -0.15) is 5.10 Å². The molecule has 2 rings (SSSR count). The molecule has 5 heteroatoms. The van der Waals surface area contributed by atoms with Crippen LogP contribution in [0.3, 0.4) is 0 Å². The summed E-state index contributed by atoms with van der Waals surface area (Å²) in [6.45, 7) is 5.70. The van der Waals surface area contributed by atoms with E-state index >= 15 is 0 Å². The lowest BCUT2D eigenvalue weighted by Gasteiger charge is -2.30. The Bertz CT molecular complexity index is 461. The summed E-state index contributed by atoms with van der Waals surface area (Å²) in [5.41, 5.74) is 9.35. The number of hydrazone groups is 1. The third-order valence-electron chi connectivity index (χ3n) is 3.65. The van der Waals surface area contributed by atoms with Crippen molar-refractivity contribution in [2.45, 2.75) is 26.3 Å². The van der Waals surface area contributed by atoms with Gasteiger partial charge >= 0.3 is 6.03 Å². The molecule has 108 valence electrons. The van der Waals surface area contributed by atoms with Gasteiger partial charge in [-0.3, -0.25) is 4.90 Å². The number of hydrogen-bond acceptors (Lipinski definition) is 3. The van der Waals surface area contributed by atoms with Crippen LogP contribution >= 0.6 is 0 Å². The van der Waals surface area contributed by atoms with Gasteiger partial charge in [-0.15, -0.1) is 0 Å². The third kappa shape index (κ3) is 4.66. The molecular formula is C15H22N4O. The van der Waals surface area contributed by atoms with Gasteiger partial charge in [0.05, 0.1) is 6.21 Å². The lowest BCUT2D eigenvalue weighted by atomic mass is 9.99. The topological polar surface area (TPSA) is 70.7 Å². The van der Waals surface area contributed by atoms with Gasteiger partial charge in [0.25, 0.3) is 0 Å². The number of piperidine rings is 1. The van der Waals surface area contributed by atoms with Gasteiger partial charge in [-0.1, -0.05) is 31.2 Å². The van der Waals surface area contributed by atoms with E-state index in [9.17, 15) is 4.79 Å². The van der Waals surface area contributed by atoms with E-state index < -0.39 is 6.03 Å². The van der Waals surface area contributed by atoms with Gasteiger partial charge < -0.3 is 5.73 Å². The van der Waals surface area contributed by atoms with Crippen molar-refractivity contribution in [3.8, 4) is 0 Å². The smallest absolute Gasteiger partial charge is 0.332 e. The maximum Gasteiger partial charge on any atom is 0.332 e. The van der Waals surface area contributed by atoms with Crippen LogP contribution in [0.2, 0.25) is 0 Å². The number of likely N-dealkylation sites (tertiary alicyclic amines) is 1. The van der Waals surface area contributed by atoms with Crippen molar-refractivity contribution in [1.82, 2.24) is 10.3 Å². The zero-order valence-corrected chi connectivity index (χ0v) is 11.9. The first-order valence-corrected chi connectivity index (χ1v) is 7.03. The molecule has 0 saturated carbocycles. The molecule has 0 aliphatic carbocycles. The Balaban J connectivity index is 1.85. The number of carbonyl (C=O) groups is 1. The fourth-order valence-corrected chi connectivity index (χ4v) is 2.36. The van der Waals surface area contributed by atoms with Crippen molar-refractivity contribution in [3.63, 3.8) is 0 Å². The van der Waals surface area contributed by atoms with Crippen molar-refractivity contribution in [3.05, 3.63) is 35.4 Å². The zero-order chi connectivity index (χ0) is 14.4. The number of primary amides is 1. The van der Waals surface area contributed by atoms with E-state index in [0.29, 0.717) is 0 Å². The number of nitrogens with two attached hydrogens (primary N) is 1. The Morgan fingerprint density at radius 1 is 1.40 bits per heavy atom. The minimum atomic E-state index is -0.655. The van der Waals surface area contributed by atoms with Gasteiger partial charge in [0.2, 0.25) is 0 Å². The Morgan fingerprint density at radius 3 is 2.65 bits per heavy atom. The van der Waals surface area contributed by atoms with E-state index in [0.717, 1.165) is 18.0 Å². The minimum Gasteiger partial charge on any atom is -0.350 e. The van der Waals surface area contributed by atoms with Gasteiger partial charge in [0.1, 0.15) is 0 Å². The average Bonchev–Trinajstić information content (AvgIpc) is 2.43. The molecule has 1 aliphatic heterocycles. The number of nitrogens with one attached hydrogen (secondary N) is 1. The Morgan fingerprint density at radius 2 is 2.05 bits per heavy atom. The zero-order valence-electron chi connectivity index (χ0n) is 11.9. The molecule has 0 bridgehead atoms. The fraction of sp³-hybridized carbons (Fsp3) is 0.467. The second-order valence-electron chi connectivity index (χ2n) is 5.43. The molecule has 0 spiro atoms. The van der Waals surface area contributed by atoms with Crippen molar-refractivity contribution in [1.29, 1.82) is 0 Å².